The highest BCUT2D eigenvalue weighted by atomic mass is 16.6. The third-order valence-electron chi connectivity index (χ3n) is 8.19. The molecular weight excluding hydrogens is 492 g/mol. The van der Waals surface area contributed by atoms with E-state index in [1.807, 2.05) is 20.8 Å². The number of esters is 2. The molecule has 7 atom stereocenters. The normalized spacial score (nSPS) is 31.3. The molecule has 7 unspecified atom stereocenters. The van der Waals surface area contributed by atoms with E-state index in [9.17, 15) is 19.5 Å². The molecular formula is C28H38N2O8. The fraction of sp³-hybridized carbons (Fsp3) is 0.679. The van der Waals surface area contributed by atoms with Crippen molar-refractivity contribution in [3.05, 3.63) is 29.2 Å². The minimum atomic E-state index is -0.767. The number of aliphatic hydroxyl groups is 1. The van der Waals surface area contributed by atoms with Gasteiger partial charge in [0.05, 0.1) is 30.3 Å². The number of nitrogens with zero attached hydrogens (tertiary/aromatic N) is 2. The van der Waals surface area contributed by atoms with Gasteiger partial charge in [0.1, 0.15) is 17.6 Å². The van der Waals surface area contributed by atoms with Gasteiger partial charge < -0.3 is 23.9 Å². The van der Waals surface area contributed by atoms with Crippen LogP contribution >= 0.6 is 0 Å². The maximum atomic E-state index is 13.1. The van der Waals surface area contributed by atoms with Crippen molar-refractivity contribution in [1.29, 1.82) is 0 Å². The van der Waals surface area contributed by atoms with Crippen LogP contribution in [0.1, 0.15) is 70.8 Å². The van der Waals surface area contributed by atoms with Gasteiger partial charge in [-0.05, 0) is 56.6 Å². The zero-order valence-electron chi connectivity index (χ0n) is 22.6. The van der Waals surface area contributed by atoms with E-state index >= 15 is 0 Å². The predicted octanol–water partition coefficient (Wildman–Crippen LogP) is 3.69. The molecule has 2 aliphatic carbocycles. The Balaban J connectivity index is 1.58. The molecule has 0 aromatic carbocycles. The van der Waals surface area contributed by atoms with Crippen LogP contribution in [-0.2, 0) is 35.3 Å². The van der Waals surface area contributed by atoms with Crippen molar-refractivity contribution in [3.8, 4) is 0 Å². The van der Waals surface area contributed by atoms with Gasteiger partial charge in [0.2, 0.25) is 0 Å². The number of oxime groups is 1. The maximum absolute atomic E-state index is 13.1. The fourth-order valence-corrected chi connectivity index (χ4v) is 5.67. The predicted molar refractivity (Wildman–Crippen MR) is 136 cm³/mol. The lowest BCUT2D eigenvalue weighted by Crippen LogP contribution is -2.47. The van der Waals surface area contributed by atoms with Gasteiger partial charge in [-0.1, -0.05) is 31.1 Å². The van der Waals surface area contributed by atoms with Gasteiger partial charge >= 0.3 is 11.9 Å². The average Bonchev–Trinajstić information content (AvgIpc) is 3.31. The molecule has 1 saturated carbocycles. The second-order valence-corrected chi connectivity index (χ2v) is 10.8. The van der Waals surface area contributed by atoms with Gasteiger partial charge in [-0.15, -0.1) is 0 Å². The summed E-state index contributed by atoms with van der Waals surface area (Å²) in [6.45, 7) is 7.79. The molecule has 2 heterocycles. The number of aromatic nitrogens is 1. The van der Waals surface area contributed by atoms with Crippen molar-refractivity contribution >= 4 is 23.4 Å². The van der Waals surface area contributed by atoms with E-state index in [0.717, 1.165) is 5.57 Å². The highest BCUT2D eigenvalue weighted by Gasteiger charge is 2.47. The lowest BCUT2D eigenvalue weighted by Gasteiger charge is -2.44. The summed E-state index contributed by atoms with van der Waals surface area (Å²) >= 11 is 0. The summed E-state index contributed by atoms with van der Waals surface area (Å²) in [5, 5.41) is 18.7. The largest absolute Gasteiger partial charge is 0.465 e. The van der Waals surface area contributed by atoms with Crippen LogP contribution in [0.3, 0.4) is 0 Å². The Hall–Kier alpha value is -3.01. The van der Waals surface area contributed by atoms with E-state index in [1.54, 1.807) is 19.1 Å². The summed E-state index contributed by atoms with van der Waals surface area (Å²) in [6.07, 6.45) is 3.39. The Morgan fingerprint density at radius 1 is 1.29 bits per heavy atom. The summed E-state index contributed by atoms with van der Waals surface area (Å²) in [6, 6.07) is 1.76. The van der Waals surface area contributed by atoms with Crippen molar-refractivity contribution in [1.82, 2.24) is 5.16 Å². The summed E-state index contributed by atoms with van der Waals surface area (Å²) in [4.78, 5) is 43.8. The average molecular weight is 531 g/mol. The Labute approximate surface area is 222 Å². The monoisotopic (exact) mass is 530 g/mol. The molecule has 0 amide bonds. The number of carbonyl (C=O) groups is 3. The molecule has 4 rings (SSSR count). The Morgan fingerprint density at radius 3 is 2.76 bits per heavy atom. The van der Waals surface area contributed by atoms with Crippen LogP contribution in [0.5, 0.6) is 0 Å². The first-order valence-electron chi connectivity index (χ1n) is 13.6. The smallest absolute Gasteiger partial charge is 0.311 e. The quantitative estimate of drug-likeness (QED) is 0.374. The summed E-state index contributed by atoms with van der Waals surface area (Å²) in [7, 11) is 0. The van der Waals surface area contributed by atoms with Crippen LogP contribution in [0.2, 0.25) is 0 Å². The van der Waals surface area contributed by atoms with Gasteiger partial charge in [0, 0.05) is 24.3 Å². The second kappa shape index (κ2) is 12.2. The lowest BCUT2D eigenvalue weighted by molar-refractivity contribution is -0.161. The Bertz CT molecular complexity index is 1090. The van der Waals surface area contributed by atoms with Crippen molar-refractivity contribution in [3.63, 3.8) is 0 Å². The molecule has 2 fully saturated rings. The zero-order valence-corrected chi connectivity index (χ0v) is 22.6. The van der Waals surface area contributed by atoms with Gasteiger partial charge in [-0.25, -0.2) is 0 Å². The highest BCUT2D eigenvalue weighted by molar-refractivity contribution is 6.08. The third-order valence-corrected chi connectivity index (χ3v) is 8.19. The summed E-state index contributed by atoms with van der Waals surface area (Å²) in [5.74, 6) is -1.73. The fourth-order valence-electron chi connectivity index (χ4n) is 5.67. The number of fused-ring (bicyclic) bond motifs is 1. The summed E-state index contributed by atoms with van der Waals surface area (Å²) < 4.78 is 16.3. The number of hydrogen-bond donors (Lipinski definition) is 1. The molecule has 1 aliphatic heterocycles. The number of cyclic esters (lactones) is 1. The number of hydrogen-bond acceptors (Lipinski definition) is 10. The minimum absolute atomic E-state index is 0.0400. The number of carbonyl (C=O) groups excluding carboxylic acids is 3. The molecule has 0 bridgehead atoms. The number of allylic oxidation sites excluding steroid dienone is 1. The topological polar surface area (TPSA) is 138 Å². The highest BCUT2D eigenvalue weighted by Crippen LogP contribution is 2.45. The van der Waals surface area contributed by atoms with Crippen molar-refractivity contribution < 1.29 is 38.3 Å². The van der Waals surface area contributed by atoms with E-state index in [1.165, 1.54) is 0 Å². The molecule has 1 saturated heterocycles. The molecule has 1 aromatic heterocycles. The van der Waals surface area contributed by atoms with Crippen LogP contribution in [0.4, 0.5) is 0 Å². The second-order valence-electron chi connectivity index (χ2n) is 10.8. The zero-order chi connectivity index (χ0) is 27.4. The van der Waals surface area contributed by atoms with Gasteiger partial charge in [-0.2, -0.15) is 0 Å². The molecule has 38 heavy (non-hydrogen) atoms. The number of aliphatic hydroxyl groups excluding tert-OH is 1. The molecule has 0 spiro atoms. The molecule has 208 valence electrons. The van der Waals surface area contributed by atoms with Crippen molar-refractivity contribution in [2.45, 2.75) is 85.0 Å². The number of aryl methyl sites for hydroxylation is 1. The van der Waals surface area contributed by atoms with E-state index < -0.39 is 24.1 Å². The van der Waals surface area contributed by atoms with Crippen LogP contribution in [0.15, 0.2) is 27.4 Å². The first kappa shape index (κ1) is 28.0. The molecule has 3 aliphatic rings. The van der Waals surface area contributed by atoms with Gasteiger partial charge in [-0.3, -0.25) is 14.4 Å². The van der Waals surface area contributed by atoms with Crippen molar-refractivity contribution in [2.24, 2.45) is 34.7 Å². The van der Waals surface area contributed by atoms with Crippen LogP contribution in [0.25, 0.3) is 0 Å². The molecule has 0 radical (unpaired) electrons. The third kappa shape index (κ3) is 6.17. The lowest BCUT2D eigenvalue weighted by atomic mass is 9.63. The molecule has 10 nitrogen and oxygen atoms in total. The molecule has 10 heteroatoms. The molecule has 1 aromatic rings. The Kier molecular flexibility index (Phi) is 9.02. The molecule has 1 N–H and O–H groups in total. The van der Waals surface area contributed by atoms with Crippen LogP contribution < -0.4 is 0 Å². The SMILES string of the molecule is CCC(C)C(=O)OC1CCC(=NOCc2cc(C)on2)C2=CC(=O)C(C)C(CCC3C(=O)OCCC3O)C21. The number of ketones is 1. The first-order valence-corrected chi connectivity index (χ1v) is 13.6. The van der Waals surface area contributed by atoms with E-state index in [4.69, 9.17) is 18.8 Å². The number of rotatable bonds is 9. The van der Waals surface area contributed by atoms with E-state index in [2.05, 4.69) is 10.3 Å². The maximum Gasteiger partial charge on any atom is 0.311 e. The minimum Gasteiger partial charge on any atom is -0.465 e. The van der Waals surface area contributed by atoms with Gasteiger partial charge in [0.15, 0.2) is 12.4 Å². The van der Waals surface area contributed by atoms with E-state index in [0.29, 0.717) is 55.7 Å². The van der Waals surface area contributed by atoms with Crippen LogP contribution in [0, 0.1) is 36.5 Å². The van der Waals surface area contributed by atoms with Gasteiger partial charge in [0.25, 0.3) is 0 Å². The summed E-state index contributed by atoms with van der Waals surface area (Å²) in [5.41, 5.74) is 1.97. The Morgan fingerprint density at radius 2 is 2.08 bits per heavy atom. The standard InChI is InChI=1S/C28H38N2O8/c1-5-15(2)27(33)37-25-9-8-22(30-36-14-18-12-16(3)38-29-18)21-13-24(32)17(4)19(26(21)25)6-7-20-23(31)10-11-35-28(20)34/h12-13,15,17,19-20,23,25-26,31H,5-11,14H2,1-4H3. The van der Waals surface area contributed by atoms with E-state index in [-0.39, 0.29) is 48.6 Å². The first-order chi connectivity index (χ1) is 18.2. The number of ether oxygens (including phenoxy) is 2. The van der Waals surface area contributed by atoms with Crippen molar-refractivity contribution in [2.75, 3.05) is 6.61 Å². The van der Waals surface area contributed by atoms with Crippen LogP contribution in [-0.4, -0.2) is 52.5 Å².